The molecule has 2 saturated heterocycles. The van der Waals surface area contributed by atoms with E-state index in [1.807, 2.05) is 30.3 Å². The molecular formula is C16H19NO3. The number of carbonyl (C=O) groups excluding carboxylic acids is 2. The van der Waals surface area contributed by atoms with Gasteiger partial charge < -0.3 is 9.64 Å². The lowest BCUT2D eigenvalue weighted by Gasteiger charge is -2.37. The van der Waals surface area contributed by atoms with Crippen molar-refractivity contribution in [3.8, 4) is 0 Å². The van der Waals surface area contributed by atoms with Crippen molar-refractivity contribution in [1.82, 2.24) is 4.90 Å². The van der Waals surface area contributed by atoms with E-state index in [2.05, 4.69) is 0 Å². The first-order chi connectivity index (χ1) is 9.72. The topological polar surface area (TPSA) is 46.6 Å². The second kappa shape index (κ2) is 5.27. The number of nitrogens with zero attached hydrogens (tertiary/aromatic N) is 1. The molecule has 2 heterocycles. The molecule has 1 aromatic carbocycles. The summed E-state index contributed by atoms with van der Waals surface area (Å²) in [6, 6.07) is 9.67. The lowest BCUT2D eigenvalue weighted by atomic mass is 9.87. The fraction of sp³-hybridized carbons (Fsp3) is 0.500. The molecule has 3 rings (SSSR count). The normalized spacial score (nSPS) is 29.1. The van der Waals surface area contributed by atoms with E-state index in [1.54, 1.807) is 4.90 Å². The molecule has 0 unspecified atom stereocenters. The van der Waals surface area contributed by atoms with Crippen LogP contribution >= 0.6 is 0 Å². The molecular weight excluding hydrogens is 254 g/mol. The number of hydrogen-bond donors (Lipinski definition) is 0. The number of fused-ring (bicyclic) bond motifs is 1. The SMILES string of the molecule is COC(=O)[C@@H]1CC[C@@H]2CC[C@H](c3ccccc3)C(=O)N21. The number of carbonyl (C=O) groups is 2. The summed E-state index contributed by atoms with van der Waals surface area (Å²) in [7, 11) is 1.39. The Morgan fingerprint density at radius 2 is 1.85 bits per heavy atom. The lowest BCUT2D eigenvalue weighted by Crippen LogP contribution is -2.50. The van der Waals surface area contributed by atoms with Gasteiger partial charge in [0, 0.05) is 6.04 Å². The van der Waals surface area contributed by atoms with E-state index >= 15 is 0 Å². The number of benzene rings is 1. The Hall–Kier alpha value is -1.84. The zero-order chi connectivity index (χ0) is 14.1. The monoisotopic (exact) mass is 273 g/mol. The Morgan fingerprint density at radius 3 is 2.55 bits per heavy atom. The molecule has 0 N–H and O–H groups in total. The van der Waals surface area contributed by atoms with Crippen LogP contribution in [0.15, 0.2) is 30.3 Å². The summed E-state index contributed by atoms with van der Waals surface area (Å²) in [5.74, 6) is -0.312. The van der Waals surface area contributed by atoms with Gasteiger partial charge in [0.2, 0.25) is 5.91 Å². The van der Waals surface area contributed by atoms with Crippen LogP contribution in [-0.4, -0.2) is 36.0 Å². The molecule has 4 heteroatoms. The van der Waals surface area contributed by atoms with E-state index in [0.29, 0.717) is 0 Å². The summed E-state index contributed by atoms with van der Waals surface area (Å²) in [6.07, 6.45) is 3.48. The van der Waals surface area contributed by atoms with Gasteiger partial charge in [-0.05, 0) is 31.2 Å². The van der Waals surface area contributed by atoms with Gasteiger partial charge in [0.05, 0.1) is 13.0 Å². The molecule has 20 heavy (non-hydrogen) atoms. The van der Waals surface area contributed by atoms with Gasteiger partial charge in [0.15, 0.2) is 0 Å². The molecule has 0 radical (unpaired) electrons. The van der Waals surface area contributed by atoms with Gasteiger partial charge in [-0.1, -0.05) is 30.3 Å². The van der Waals surface area contributed by atoms with Crippen LogP contribution in [0.2, 0.25) is 0 Å². The highest BCUT2D eigenvalue weighted by Gasteiger charge is 2.46. The summed E-state index contributed by atoms with van der Waals surface area (Å²) < 4.78 is 4.84. The van der Waals surface area contributed by atoms with Crippen LogP contribution in [0.25, 0.3) is 0 Å². The Balaban J connectivity index is 1.86. The summed E-state index contributed by atoms with van der Waals surface area (Å²) in [5, 5.41) is 0. The van der Waals surface area contributed by atoms with E-state index in [1.165, 1.54) is 7.11 Å². The Bertz CT molecular complexity index is 514. The van der Waals surface area contributed by atoms with Gasteiger partial charge in [-0.15, -0.1) is 0 Å². The van der Waals surface area contributed by atoms with Crippen molar-refractivity contribution in [3.63, 3.8) is 0 Å². The minimum absolute atomic E-state index is 0.0837. The summed E-state index contributed by atoms with van der Waals surface area (Å²) in [4.78, 5) is 26.4. The van der Waals surface area contributed by atoms with Gasteiger partial charge in [-0.25, -0.2) is 4.79 Å². The van der Waals surface area contributed by atoms with Crippen molar-refractivity contribution in [2.45, 2.75) is 43.7 Å². The summed E-state index contributed by atoms with van der Waals surface area (Å²) >= 11 is 0. The molecule has 1 amide bonds. The quantitative estimate of drug-likeness (QED) is 0.775. The number of hydrogen-bond acceptors (Lipinski definition) is 3. The van der Waals surface area contributed by atoms with Crippen LogP contribution in [0.3, 0.4) is 0 Å². The predicted molar refractivity (Wildman–Crippen MR) is 74.1 cm³/mol. The molecule has 106 valence electrons. The highest BCUT2D eigenvalue weighted by Crippen LogP contribution is 2.38. The Kier molecular flexibility index (Phi) is 3.47. The zero-order valence-electron chi connectivity index (χ0n) is 11.6. The molecule has 3 atom stereocenters. The van der Waals surface area contributed by atoms with E-state index in [0.717, 1.165) is 31.2 Å². The number of piperidine rings is 1. The standard InChI is InChI=1S/C16H19NO3/c1-20-16(19)14-10-8-12-7-9-13(15(18)17(12)14)11-5-3-2-4-6-11/h2-6,12-14H,7-10H2,1H3/t12-,13+,14-/m0/s1. The van der Waals surface area contributed by atoms with E-state index < -0.39 is 0 Å². The second-order valence-electron chi connectivity index (χ2n) is 5.56. The van der Waals surface area contributed by atoms with E-state index in [-0.39, 0.29) is 29.9 Å². The van der Waals surface area contributed by atoms with Gasteiger partial charge in [0.25, 0.3) is 0 Å². The maximum atomic E-state index is 12.8. The molecule has 0 bridgehead atoms. The number of methoxy groups -OCH3 is 1. The fourth-order valence-electron chi connectivity index (χ4n) is 3.52. The predicted octanol–water partition coefficient (Wildman–Crippen LogP) is 2.10. The number of rotatable bonds is 2. The summed E-state index contributed by atoms with van der Waals surface area (Å²) in [6.45, 7) is 0. The fourth-order valence-corrected chi connectivity index (χ4v) is 3.52. The zero-order valence-corrected chi connectivity index (χ0v) is 11.6. The van der Waals surface area contributed by atoms with E-state index in [9.17, 15) is 9.59 Å². The molecule has 2 aliphatic heterocycles. The molecule has 0 saturated carbocycles. The largest absolute Gasteiger partial charge is 0.467 e. The van der Waals surface area contributed by atoms with Crippen LogP contribution in [0.5, 0.6) is 0 Å². The highest BCUT2D eigenvalue weighted by molar-refractivity contribution is 5.90. The second-order valence-corrected chi connectivity index (χ2v) is 5.56. The third-order valence-corrected chi connectivity index (χ3v) is 4.52. The highest BCUT2D eigenvalue weighted by atomic mass is 16.5. The van der Waals surface area contributed by atoms with Gasteiger partial charge in [0.1, 0.15) is 6.04 Å². The summed E-state index contributed by atoms with van der Waals surface area (Å²) in [5.41, 5.74) is 1.05. The molecule has 4 nitrogen and oxygen atoms in total. The van der Waals surface area contributed by atoms with Crippen molar-refractivity contribution in [1.29, 1.82) is 0 Å². The molecule has 0 spiro atoms. The van der Waals surface area contributed by atoms with Crippen LogP contribution in [-0.2, 0) is 14.3 Å². The van der Waals surface area contributed by atoms with E-state index in [4.69, 9.17) is 4.74 Å². The van der Waals surface area contributed by atoms with Crippen molar-refractivity contribution in [3.05, 3.63) is 35.9 Å². The van der Waals surface area contributed by atoms with Gasteiger partial charge in [-0.2, -0.15) is 0 Å². The molecule has 2 fully saturated rings. The molecule has 0 aromatic heterocycles. The average Bonchev–Trinajstić information content (AvgIpc) is 2.92. The van der Waals surface area contributed by atoms with Gasteiger partial charge >= 0.3 is 5.97 Å². The smallest absolute Gasteiger partial charge is 0.328 e. The van der Waals surface area contributed by atoms with Crippen LogP contribution < -0.4 is 0 Å². The maximum absolute atomic E-state index is 12.8. The first kappa shape index (κ1) is 13.2. The minimum Gasteiger partial charge on any atom is -0.467 e. The van der Waals surface area contributed by atoms with Crippen LogP contribution in [0, 0.1) is 0 Å². The Morgan fingerprint density at radius 1 is 1.15 bits per heavy atom. The molecule has 2 aliphatic rings. The third kappa shape index (κ3) is 2.09. The number of amides is 1. The third-order valence-electron chi connectivity index (χ3n) is 4.52. The van der Waals surface area contributed by atoms with Crippen LogP contribution in [0.1, 0.15) is 37.2 Å². The van der Waals surface area contributed by atoms with Gasteiger partial charge in [-0.3, -0.25) is 4.79 Å². The lowest BCUT2D eigenvalue weighted by molar-refractivity contribution is -0.154. The van der Waals surface area contributed by atoms with Crippen molar-refractivity contribution >= 4 is 11.9 Å². The van der Waals surface area contributed by atoms with Crippen molar-refractivity contribution in [2.75, 3.05) is 7.11 Å². The van der Waals surface area contributed by atoms with Crippen LogP contribution in [0.4, 0.5) is 0 Å². The first-order valence-electron chi connectivity index (χ1n) is 7.17. The molecule has 1 aromatic rings. The molecule has 0 aliphatic carbocycles. The maximum Gasteiger partial charge on any atom is 0.328 e. The average molecular weight is 273 g/mol. The van der Waals surface area contributed by atoms with Crippen molar-refractivity contribution in [2.24, 2.45) is 0 Å². The number of esters is 1. The van der Waals surface area contributed by atoms with Crippen molar-refractivity contribution < 1.29 is 14.3 Å². The minimum atomic E-state index is -0.385. The Labute approximate surface area is 118 Å². The first-order valence-corrected chi connectivity index (χ1v) is 7.17. The number of ether oxygens (including phenoxy) is 1.